The average molecular weight is 407 g/mol. The molecular formula is C19H13N5O6. The minimum absolute atomic E-state index is 0.0385. The quantitative estimate of drug-likeness (QED) is 0.227. The summed E-state index contributed by atoms with van der Waals surface area (Å²) in [6.45, 7) is 1.97. The monoisotopic (exact) mass is 407 g/mol. The van der Waals surface area contributed by atoms with Gasteiger partial charge in [-0.3, -0.25) is 10.1 Å². The lowest BCUT2D eigenvalue weighted by atomic mass is 10.0. The van der Waals surface area contributed by atoms with Gasteiger partial charge in [0.1, 0.15) is 5.56 Å². The number of nitrogens with zero attached hydrogens (tertiary/aromatic N) is 4. The Kier molecular flexibility index (Phi) is 4.76. The number of carbonyl (C=O) groups excluding carboxylic acids is 1. The van der Waals surface area contributed by atoms with Crippen molar-refractivity contribution in [1.82, 2.24) is 20.6 Å². The first kappa shape index (κ1) is 18.9. The van der Waals surface area contributed by atoms with Crippen LogP contribution in [0.5, 0.6) is 0 Å². The van der Waals surface area contributed by atoms with E-state index in [0.717, 1.165) is 0 Å². The van der Waals surface area contributed by atoms with E-state index in [9.17, 15) is 19.7 Å². The van der Waals surface area contributed by atoms with Gasteiger partial charge in [0.2, 0.25) is 5.58 Å². The molecule has 0 fully saturated rings. The molecular weight excluding hydrogens is 394 g/mol. The van der Waals surface area contributed by atoms with E-state index in [2.05, 4.69) is 20.6 Å². The SMILES string of the molecule is CCOC(=O)c1ccc(-c2cc([N+](=O)[O-])c3oc(=O)c(-c4nnn[nH]4)cc3c2)cc1. The van der Waals surface area contributed by atoms with Crippen LogP contribution in [0.15, 0.2) is 51.7 Å². The van der Waals surface area contributed by atoms with Crippen LogP contribution in [0.3, 0.4) is 0 Å². The van der Waals surface area contributed by atoms with Gasteiger partial charge in [-0.25, -0.2) is 14.7 Å². The number of hydrogen-bond donors (Lipinski definition) is 1. The van der Waals surface area contributed by atoms with Crippen LogP contribution in [0.2, 0.25) is 0 Å². The number of non-ortho nitro benzene ring substituents is 1. The highest BCUT2D eigenvalue weighted by molar-refractivity contribution is 5.93. The van der Waals surface area contributed by atoms with Crippen molar-refractivity contribution in [1.29, 1.82) is 0 Å². The minimum Gasteiger partial charge on any atom is -0.462 e. The van der Waals surface area contributed by atoms with E-state index < -0.39 is 16.5 Å². The Bertz CT molecular complexity index is 1310. The van der Waals surface area contributed by atoms with Crippen LogP contribution >= 0.6 is 0 Å². The molecule has 2 heterocycles. The van der Waals surface area contributed by atoms with E-state index >= 15 is 0 Å². The molecule has 2 aromatic heterocycles. The van der Waals surface area contributed by atoms with Gasteiger partial charge in [-0.05, 0) is 52.7 Å². The van der Waals surface area contributed by atoms with Gasteiger partial charge in [0.05, 0.1) is 17.1 Å². The maximum atomic E-state index is 12.3. The predicted octanol–water partition coefficient (Wildman–Crippen LogP) is 2.73. The fourth-order valence-corrected chi connectivity index (χ4v) is 2.97. The van der Waals surface area contributed by atoms with Crippen LogP contribution in [0.1, 0.15) is 17.3 Å². The summed E-state index contributed by atoms with van der Waals surface area (Å²) in [5, 5.41) is 24.9. The first-order chi connectivity index (χ1) is 14.5. The number of H-pyrrole nitrogens is 1. The number of nitrogens with one attached hydrogen (secondary N) is 1. The molecule has 4 aromatic rings. The first-order valence-corrected chi connectivity index (χ1v) is 8.76. The van der Waals surface area contributed by atoms with Crippen molar-refractivity contribution in [2.24, 2.45) is 0 Å². The van der Waals surface area contributed by atoms with Crippen molar-refractivity contribution in [3.63, 3.8) is 0 Å². The number of aromatic nitrogens is 4. The van der Waals surface area contributed by atoms with Gasteiger partial charge < -0.3 is 9.15 Å². The molecule has 150 valence electrons. The van der Waals surface area contributed by atoms with E-state index in [1.54, 1.807) is 37.3 Å². The van der Waals surface area contributed by atoms with E-state index in [-0.39, 0.29) is 29.3 Å². The van der Waals surface area contributed by atoms with Crippen molar-refractivity contribution < 1.29 is 18.9 Å². The van der Waals surface area contributed by atoms with Crippen molar-refractivity contribution in [2.45, 2.75) is 6.92 Å². The standard InChI is InChI=1S/C19H13N5O6/c1-2-29-18(25)11-5-3-10(4-6-11)12-7-13-8-14(17-20-22-23-21-17)19(26)30-16(13)15(9-12)24(27)28/h3-9H,2H2,1H3,(H,20,21,22,23). The molecule has 0 spiro atoms. The Morgan fingerprint density at radius 2 is 1.97 bits per heavy atom. The molecule has 0 radical (unpaired) electrons. The highest BCUT2D eigenvalue weighted by atomic mass is 16.6. The highest BCUT2D eigenvalue weighted by Crippen LogP contribution is 2.33. The molecule has 0 amide bonds. The Morgan fingerprint density at radius 1 is 1.20 bits per heavy atom. The van der Waals surface area contributed by atoms with Crippen LogP contribution < -0.4 is 5.63 Å². The van der Waals surface area contributed by atoms with Gasteiger partial charge in [-0.2, -0.15) is 0 Å². The summed E-state index contributed by atoms with van der Waals surface area (Å²) in [6, 6.07) is 10.8. The van der Waals surface area contributed by atoms with Gasteiger partial charge in [0.25, 0.3) is 0 Å². The first-order valence-electron chi connectivity index (χ1n) is 8.76. The maximum absolute atomic E-state index is 12.3. The van der Waals surface area contributed by atoms with Crippen molar-refractivity contribution in [3.05, 3.63) is 68.6 Å². The molecule has 11 heteroatoms. The molecule has 30 heavy (non-hydrogen) atoms. The predicted molar refractivity (Wildman–Crippen MR) is 104 cm³/mol. The summed E-state index contributed by atoms with van der Waals surface area (Å²) in [6.07, 6.45) is 0. The molecule has 1 N–H and O–H groups in total. The molecule has 0 saturated heterocycles. The molecule has 11 nitrogen and oxygen atoms in total. The van der Waals surface area contributed by atoms with Gasteiger partial charge in [-0.1, -0.05) is 12.1 Å². The van der Waals surface area contributed by atoms with Crippen LogP contribution in [0.4, 0.5) is 5.69 Å². The number of ether oxygens (including phenoxy) is 1. The third-order valence-corrected chi connectivity index (χ3v) is 4.34. The van der Waals surface area contributed by atoms with Gasteiger partial charge in [-0.15, -0.1) is 5.10 Å². The lowest BCUT2D eigenvalue weighted by molar-refractivity contribution is -0.383. The van der Waals surface area contributed by atoms with Crippen molar-refractivity contribution >= 4 is 22.6 Å². The van der Waals surface area contributed by atoms with Gasteiger partial charge >= 0.3 is 17.3 Å². The summed E-state index contributed by atoms with van der Waals surface area (Å²) in [7, 11) is 0. The molecule has 0 aliphatic carbocycles. The van der Waals surface area contributed by atoms with Crippen LogP contribution in [0.25, 0.3) is 33.5 Å². The second-order valence-corrected chi connectivity index (χ2v) is 6.17. The zero-order chi connectivity index (χ0) is 21.3. The third kappa shape index (κ3) is 3.39. The van der Waals surface area contributed by atoms with Crippen LogP contribution in [-0.2, 0) is 4.74 Å². The van der Waals surface area contributed by atoms with E-state index in [4.69, 9.17) is 9.15 Å². The van der Waals surface area contributed by atoms with E-state index in [1.165, 1.54) is 12.1 Å². The number of esters is 1. The Balaban J connectivity index is 1.86. The highest BCUT2D eigenvalue weighted by Gasteiger charge is 2.21. The Labute approximate surface area is 167 Å². The summed E-state index contributed by atoms with van der Waals surface area (Å²) in [5.74, 6) is -0.377. The number of hydrogen-bond acceptors (Lipinski definition) is 9. The number of fused-ring (bicyclic) bond motifs is 1. The number of tetrazole rings is 1. The largest absolute Gasteiger partial charge is 0.462 e. The molecule has 0 atom stereocenters. The number of nitro groups is 1. The van der Waals surface area contributed by atoms with Crippen LogP contribution in [-0.4, -0.2) is 38.1 Å². The van der Waals surface area contributed by atoms with Gasteiger partial charge in [0.15, 0.2) is 5.82 Å². The summed E-state index contributed by atoms with van der Waals surface area (Å²) >= 11 is 0. The fourth-order valence-electron chi connectivity index (χ4n) is 2.97. The van der Waals surface area contributed by atoms with Crippen molar-refractivity contribution in [2.75, 3.05) is 6.61 Å². The summed E-state index contributed by atoms with van der Waals surface area (Å²) < 4.78 is 10.2. The average Bonchev–Trinajstić information content (AvgIpc) is 3.27. The molecule has 0 bridgehead atoms. The smallest absolute Gasteiger partial charge is 0.347 e. The fraction of sp³-hybridized carbons (Fsp3) is 0.105. The molecule has 0 unspecified atom stereocenters. The molecule has 0 saturated carbocycles. The summed E-state index contributed by atoms with van der Waals surface area (Å²) in [4.78, 5) is 35.0. The van der Waals surface area contributed by atoms with Crippen molar-refractivity contribution in [3.8, 4) is 22.5 Å². The van der Waals surface area contributed by atoms with Crippen LogP contribution in [0, 0.1) is 10.1 Å². The van der Waals surface area contributed by atoms with E-state index in [0.29, 0.717) is 22.1 Å². The van der Waals surface area contributed by atoms with E-state index in [1.807, 2.05) is 0 Å². The molecule has 2 aromatic carbocycles. The molecule has 0 aliphatic rings. The topological polar surface area (TPSA) is 154 Å². The second kappa shape index (κ2) is 7.54. The lowest BCUT2D eigenvalue weighted by Crippen LogP contribution is -2.05. The lowest BCUT2D eigenvalue weighted by Gasteiger charge is -2.07. The van der Waals surface area contributed by atoms with Gasteiger partial charge in [0, 0.05) is 11.5 Å². The number of benzene rings is 2. The Morgan fingerprint density at radius 3 is 2.60 bits per heavy atom. The maximum Gasteiger partial charge on any atom is 0.347 e. The minimum atomic E-state index is -0.810. The Hall–Kier alpha value is -4.41. The zero-order valence-electron chi connectivity index (χ0n) is 15.5. The summed E-state index contributed by atoms with van der Waals surface area (Å²) in [5.41, 5.74) is 0.195. The zero-order valence-corrected chi connectivity index (χ0v) is 15.5. The number of rotatable bonds is 5. The number of nitro benzene ring substituents is 1. The normalized spacial score (nSPS) is 10.8. The molecule has 0 aliphatic heterocycles. The number of aromatic amines is 1. The number of carbonyl (C=O) groups is 1. The molecule has 4 rings (SSSR count). The second-order valence-electron chi connectivity index (χ2n) is 6.17. The third-order valence-electron chi connectivity index (χ3n) is 4.34.